The van der Waals surface area contributed by atoms with Gasteiger partial charge >= 0.3 is 0 Å². The molecule has 90 valence electrons. The first-order valence-electron chi connectivity index (χ1n) is 5.82. The van der Waals surface area contributed by atoms with Gasteiger partial charge in [-0.05, 0) is 57.3 Å². The number of halogens is 2. The summed E-state index contributed by atoms with van der Waals surface area (Å²) in [6, 6.07) is 2.76. The third-order valence-electron chi connectivity index (χ3n) is 3.40. The summed E-state index contributed by atoms with van der Waals surface area (Å²) in [4.78, 5) is 1.44. The zero-order valence-corrected chi connectivity index (χ0v) is 13.4. The fourth-order valence-electron chi connectivity index (χ4n) is 2.49. The molecule has 1 fully saturated rings. The molecule has 1 aliphatic rings. The summed E-state index contributed by atoms with van der Waals surface area (Å²) in [6.45, 7) is 0. The molecule has 1 unspecified atom stereocenters. The van der Waals surface area contributed by atoms with Gasteiger partial charge < -0.3 is 5.32 Å². The standard InChI is InChI=1S/C12H17Br2NS/c1-15-10(6-8-4-2-3-5-8)11-7-9(13)12(14)16-11/h7-8,10,15H,2-6H2,1H3. The Morgan fingerprint density at radius 1 is 1.44 bits per heavy atom. The van der Waals surface area contributed by atoms with Crippen LogP contribution >= 0.6 is 43.2 Å². The molecule has 1 heterocycles. The van der Waals surface area contributed by atoms with Gasteiger partial charge in [0.15, 0.2) is 0 Å². The monoisotopic (exact) mass is 365 g/mol. The lowest BCUT2D eigenvalue weighted by Crippen LogP contribution is -2.18. The van der Waals surface area contributed by atoms with Gasteiger partial charge in [-0.15, -0.1) is 11.3 Å². The second-order valence-electron chi connectivity index (χ2n) is 4.50. The van der Waals surface area contributed by atoms with Crippen LogP contribution in [0.1, 0.15) is 43.0 Å². The van der Waals surface area contributed by atoms with Crippen molar-refractivity contribution in [2.75, 3.05) is 7.05 Å². The molecule has 0 aliphatic heterocycles. The summed E-state index contributed by atoms with van der Waals surface area (Å²) < 4.78 is 2.38. The number of thiophene rings is 1. The van der Waals surface area contributed by atoms with Crippen LogP contribution in [0.15, 0.2) is 14.3 Å². The molecule has 1 atom stereocenters. The smallest absolute Gasteiger partial charge is 0.0843 e. The average Bonchev–Trinajstić information content (AvgIpc) is 2.86. The maximum Gasteiger partial charge on any atom is 0.0843 e. The topological polar surface area (TPSA) is 12.0 Å². The highest BCUT2D eigenvalue weighted by Crippen LogP contribution is 2.39. The minimum atomic E-state index is 0.524. The van der Waals surface area contributed by atoms with E-state index in [1.54, 1.807) is 0 Å². The highest BCUT2D eigenvalue weighted by Gasteiger charge is 2.21. The van der Waals surface area contributed by atoms with Crippen molar-refractivity contribution < 1.29 is 0 Å². The molecular weight excluding hydrogens is 350 g/mol. The molecule has 2 rings (SSSR count). The molecule has 1 aliphatic carbocycles. The van der Waals surface area contributed by atoms with Gasteiger partial charge in [0.05, 0.1) is 3.79 Å². The van der Waals surface area contributed by atoms with Crippen LogP contribution in [0.5, 0.6) is 0 Å². The SMILES string of the molecule is CNC(CC1CCCC1)c1cc(Br)c(Br)s1. The van der Waals surface area contributed by atoms with Gasteiger partial charge in [0.2, 0.25) is 0 Å². The second kappa shape index (κ2) is 5.98. The second-order valence-corrected chi connectivity index (χ2v) is 7.75. The Hall–Kier alpha value is 0.620. The third-order valence-corrected chi connectivity index (χ3v) is 6.77. The predicted molar refractivity (Wildman–Crippen MR) is 78.1 cm³/mol. The van der Waals surface area contributed by atoms with E-state index in [-0.39, 0.29) is 0 Å². The average molecular weight is 367 g/mol. The Labute approximate surface area is 118 Å². The molecule has 1 aromatic heterocycles. The Morgan fingerprint density at radius 2 is 2.12 bits per heavy atom. The highest BCUT2D eigenvalue weighted by atomic mass is 79.9. The summed E-state index contributed by atoms with van der Waals surface area (Å²) in [5.41, 5.74) is 0. The van der Waals surface area contributed by atoms with Crippen molar-refractivity contribution in [2.24, 2.45) is 5.92 Å². The van der Waals surface area contributed by atoms with Crippen molar-refractivity contribution >= 4 is 43.2 Å². The molecule has 0 saturated heterocycles. The van der Waals surface area contributed by atoms with E-state index in [2.05, 4.69) is 50.3 Å². The highest BCUT2D eigenvalue weighted by molar-refractivity contribution is 9.13. The summed E-state index contributed by atoms with van der Waals surface area (Å²) in [7, 11) is 2.07. The molecule has 1 N–H and O–H groups in total. The van der Waals surface area contributed by atoms with Crippen LogP contribution in [-0.4, -0.2) is 7.05 Å². The van der Waals surface area contributed by atoms with Crippen LogP contribution in [0.4, 0.5) is 0 Å². The molecule has 1 nitrogen and oxygen atoms in total. The largest absolute Gasteiger partial charge is 0.312 e. The van der Waals surface area contributed by atoms with Gasteiger partial charge in [0.1, 0.15) is 0 Å². The van der Waals surface area contributed by atoms with E-state index in [1.165, 1.54) is 45.2 Å². The van der Waals surface area contributed by atoms with Gasteiger partial charge in [0.25, 0.3) is 0 Å². The summed E-state index contributed by atoms with van der Waals surface area (Å²) in [5, 5.41) is 3.45. The fraction of sp³-hybridized carbons (Fsp3) is 0.667. The van der Waals surface area contributed by atoms with Gasteiger partial charge in [-0.3, -0.25) is 0 Å². The minimum absolute atomic E-state index is 0.524. The Kier molecular flexibility index (Phi) is 4.89. The molecule has 4 heteroatoms. The first kappa shape index (κ1) is 13.1. The van der Waals surface area contributed by atoms with Crippen molar-refractivity contribution in [1.29, 1.82) is 0 Å². The van der Waals surface area contributed by atoms with E-state index in [1.807, 2.05) is 11.3 Å². The zero-order valence-electron chi connectivity index (χ0n) is 9.43. The number of rotatable bonds is 4. The van der Waals surface area contributed by atoms with E-state index in [9.17, 15) is 0 Å². The van der Waals surface area contributed by atoms with Crippen molar-refractivity contribution in [3.05, 3.63) is 19.2 Å². The van der Waals surface area contributed by atoms with Crippen LogP contribution in [0, 0.1) is 5.92 Å². The Balaban J connectivity index is 2.03. The molecule has 0 bridgehead atoms. The van der Waals surface area contributed by atoms with Gasteiger partial charge in [-0.1, -0.05) is 25.7 Å². The van der Waals surface area contributed by atoms with Crippen molar-refractivity contribution in [3.63, 3.8) is 0 Å². The van der Waals surface area contributed by atoms with Crippen LogP contribution in [0.2, 0.25) is 0 Å². The maximum atomic E-state index is 3.57. The van der Waals surface area contributed by atoms with Gasteiger partial charge in [-0.25, -0.2) is 0 Å². The molecule has 0 spiro atoms. The predicted octanol–water partition coefficient (Wildman–Crippen LogP) is 5.11. The summed E-state index contributed by atoms with van der Waals surface area (Å²) in [6.07, 6.45) is 6.99. The number of hydrogen-bond donors (Lipinski definition) is 1. The van der Waals surface area contributed by atoms with Crippen molar-refractivity contribution in [1.82, 2.24) is 5.32 Å². The summed E-state index contributed by atoms with van der Waals surface area (Å²) >= 11 is 8.97. The number of nitrogens with one attached hydrogen (secondary N) is 1. The molecule has 0 amide bonds. The molecule has 1 aromatic rings. The molecule has 0 aromatic carbocycles. The van der Waals surface area contributed by atoms with Crippen LogP contribution in [0.25, 0.3) is 0 Å². The minimum Gasteiger partial charge on any atom is -0.312 e. The molecule has 16 heavy (non-hydrogen) atoms. The van der Waals surface area contributed by atoms with Crippen molar-refractivity contribution in [3.8, 4) is 0 Å². The number of hydrogen-bond acceptors (Lipinski definition) is 2. The van der Waals surface area contributed by atoms with E-state index < -0.39 is 0 Å². The quantitative estimate of drug-likeness (QED) is 0.780. The normalized spacial score (nSPS) is 19.2. The lowest BCUT2D eigenvalue weighted by molar-refractivity contribution is 0.417. The van der Waals surface area contributed by atoms with Crippen LogP contribution in [0.3, 0.4) is 0 Å². The van der Waals surface area contributed by atoms with Gasteiger partial charge in [0, 0.05) is 15.4 Å². The first-order valence-corrected chi connectivity index (χ1v) is 8.23. The molecule has 1 saturated carbocycles. The van der Waals surface area contributed by atoms with Gasteiger partial charge in [-0.2, -0.15) is 0 Å². The molecule has 0 radical (unpaired) electrons. The first-order chi connectivity index (χ1) is 7.70. The van der Waals surface area contributed by atoms with Crippen LogP contribution in [-0.2, 0) is 0 Å². The van der Waals surface area contributed by atoms with E-state index in [0.717, 1.165) is 5.92 Å². The maximum absolute atomic E-state index is 3.57. The molecular formula is C12H17Br2NS. The Bertz CT molecular complexity index is 325. The van der Waals surface area contributed by atoms with Crippen LogP contribution < -0.4 is 5.32 Å². The summed E-state index contributed by atoms with van der Waals surface area (Å²) in [5.74, 6) is 0.928. The van der Waals surface area contributed by atoms with E-state index in [4.69, 9.17) is 0 Å². The van der Waals surface area contributed by atoms with E-state index >= 15 is 0 Å². The lowest BCUT2D eigenvalue weighted by Gasteiger charge is -2.18. The lowest BCUT2D eigenvalue weighted by atomic mass is 9.97. The third kappa shape index (κ3) is 3.09. The van der Waals surface area contributed by atoms with E-state index in [0.29, 0.717) is 6.04 Å². The van der Waals surface area contributed by atoms with Crippen molar-refractivity contribution in [2.45, 2.75) is 38.1 Å². The zero-order chi connectivity index (χ0) is 11.5. The Morgan fingerprint density at radius 3 is 2.62 bits per heavy atom. The fourth-order valence-corrected chi connectivity index (χ4v) is 4.70.